The molecular formula is C30H37ClF2N4O4S. The summed E-state index contributed by atoms with van der Waals surface area (Å²) in [5.74, 6) is -0.192. The Morgan fingerprint density at radius 1 is 0.952 bits per heavy atom. The van der Waals surface area contributed by atoms with E-state index in [4.69, 9.17) is 4.74 Å². The molecule has 0 radical (unpaired) electrons. The predicted molar refractivity (Wildman–Crippen MR) is 164 cm³/mol. The molecule has 0 aliphatic carbocycles. The van der Waals surface area contributed by atoms with Gasteiger partial charge < -0.3 is 15.0 Å². The number of piperidine rings is 1. The summed E-state index contributed by atoms with van der Waals surface area (Å²) in [7, 11) is -3.33. The van der Waals surface area contributed by atoms with Crippen molar-refractivity contribution in [1.82, 2.24) is 9.80 Å². The van der Waals surface area contributed by atoms with E-state index in [1.54, 1.807) is 29.2 Å². The van der Waals surface area contributed by atoms with Gasteiger partial charge in [-0.2, -0.15) is 0 Å². The number of benzene rings is 3. The number of unbranched alkanes of at least 4 members (excludes halogenated alkanes) is 1. The molecule has 2 N–H and O–H groups in total. The SMILES string of the molecule is CCCCN(C(=O)Nc1cc(F)cc(F)c1)C1CCN(Cc2ccc(Oc3ccc(NS(C)(=O)=O)cc3)cc2)CC1.Cl. The lowest BCUT2D eigenvalue weighted by Crippen LogP contribution is -2.49. The van der Waals surface area contributed by atoms with E-state index in [1.165, 1.54) is 0 Å². The largest absolute Gasteiger partial charge is 0.457 e. The molecule has 3 aromatic rings. The van der Waals surface area contributed by atoms with Crippen LogP contribution in [-0.4, -0.2) is 56.2 Å². The van der Waals surface area contributed by atoms with E-state index in [2.05, 4.69) is 21.9 Å². The molecule has 1 aliphatic heterocycles. The van der Waals surface area contributed by atoms with Crippen molar-refractivity contribution in [1.29, 1.82) is 0 Å². The van der Waals surface area contributed by atoms with E-state index >= 15 is 0 Å². The van der Waals surface area contributed by atoms with Crippen molar-refractivity contribution in [2.75, 3.05) is 35.9 Å². The van der Waals surface area contributed by atoms with Crippen molar-refractivity contribution in [3.05, 3.63) is 83.9 Å². The minimum absolute atomic E-state index is 0. The van der Waals surface area contributed by atoms with Gasteiger partial charge in [-0.25, -0.2) is 22.0 Å². The molecule has 1 saturated heterocycles. The van der Waals surface area contributed by atoms with Crippen LogP contribution in [0.25, 0.3) is 0 Å². The number of carbonyl (C=O) groups is 1. The van der Waals surface area contributed by atoms with Crippen LogP contribution in [0.3, 0.4) is 0 Å². The fourth-order valence-electron chi connectivity index (χ4n) is 4.85. The topological polar surface area (TPSA) is 91.0 Å². The van der Waals surface area contributed by atoms with E-state index in [1.807, 2.05) is 24.3 Å². The highest BCUT2D eigenvalue weighted by Gasteiger charge is 2.28. The maximum absolute atomic E-state index is 13.6. The second-order valence-electron chi connectivity index (χ2n) is 10.3. The third kappa shape index (κ3) is 10.1. The minimum Gasteiger partial charge on any atom is -0.457 e. The molecule has 0 atom stereocenters. The van der Waals surface area contributed by atoms with Gasteiger partial charge in [0.25, 0.3) is 0 Å². The summed E-state index contributed by atoms with van der Waals surface area (Å²) in [6.07, 6.45) is 4.49. The van der Waals surface area contributed by atoms with Gasteiger partial charge in [-0.05, 0) is 73.4 Å². The van der Waals surface area contributed by atoms with Crippen LogP contribution in [0.2, 0.25) is 0 Å². The fraction of sp³-hybridized carbons (Fsp3) is 0.367. The number of ether oxygens (including phenoxy) is 1. The number of likely N-dealkylation sites (tertiary alicyclic amines) is 1. The van der Waals surface area contributed by atoms with Crippen molar-refractivity contribution in [3.63, 3.8) is 0 Å². The smallest absolute Gasteiger partial charge is 0.322 e. The first kappa shape index (κ1) is 33.1. The molecule has 0 aromatic heterocycles. The zero-order valence-corrected chi connectivity index (χ0v) is 25.3. The summed E-state index contributed by atoms with van der Waals surface area (Å²) in [4.78, 5) is 17.2. The Morgan fingerprint density at radius 3 is 2.07 bits per heavy atom. The van der Waals surface area contributed by atoms with Gasteiger partial charge in [0.15, 0.2) is 0 Å². The number of halogens is 3. The molecule has 2 amide bonds. The number of amides is 2. The molecule has 1 fully saturated rings. The van der Waals surface area contributed by atoms with Crippen molar-refractivity contribution in [2.24, 2.45) is 0 Å². The van der Waals surface area contributed by atoms with Crippen LogP contribution in [-0.2, 0) is 16.6 Å². The number of nitrogens with one attached hydrogen (secondary N) is 2. The van der Waals surface area contributed by atoms with Crippen molar-refractivity contribution in [3.8, 4) is 11.5 Å². The maximum Gasteiger partial charge on any atom is 0.322 e. The molecule has 228 valence electrons. The summed E-state index contributed by atoms with van der Waals surface area (Å²) < 4.78 is 58.2. The Bertz CT molecular complexity index is 1400. The van der Waals surface area contributed by atoms with Crippen LogP contribution in [0, 0.1) is 11.6 Å². The van der Waals surface area contributed by atoms with Crippen LogP contribution < -0.4 is 14.8 Å². The first-order valence-corrected chi connectivity index (χ1v) is 15.6. The number of sulfonamides is 1. The maximum atomic E-state index is 13.6. The zero-order valence-electron chi connectivity index (χ0n) is 23.7. The van der Waals surface area contributed by atoms with Gasteiger partial charge in [0.05, 0.1) is 6.26 Å². The fourth-order valence-corrected chi connectivity index (χ4v) is 5.42. The van der Waals surface area contributed by atoms with Gasteiger partial charge in [-0.15, -0.1) is 12.4 Å². The number of hydrogen-bond acceptors (Lipinski definition) is 5. The zero-order chi connectivity index (χ0) is 29.4. The first-order chi connectivity index (χ1) is 19.6. The summed E-state index contributed by atoms with van der Waals surface area (Å²) in [6, 6.07) is 17.2. The Balaban J connectivity index is 0.00000484. The standard InChI is InChI=1S/C30H36F2N4O4S.ClH/c1-3-4-15-36(30(37)33-26-19-23(31)18-24(32)20-26)27-13-16-35(17-14-27)21-22-5-9-28(10-6-22)40-29-11-7-25(8-12-29)34-41(2,38)39;/h5-12,18-20,27,34H,3-4,13-17,21H2,1-2H3,(H,33,37);1H. The van der Waals surface area contributed by atoms with Gasteiger partial charge in [-0.1, -0.05) is 25.5 Å². The molecule has 0 bridgehead atoms. The molecule has 0 unspecified atom stereocenters. The average molecular weight is 623 g/mol. The van der Waals surface area contributed by atoms with Crippen LogP contribution in [0.4, 0.5) is 25.0 Å². The molecule has 0 spiro atoms. The normalized spacial score (nSPS) is 14.1. The number of rotatable bonds is 11. The molecule has 1 heterocycles. The van der Waals surface area contributed by atoms with Crippen molar-refractivity contribution >= 4 is 39.8 Å². The molecular weight excluding hydrogens is 586 g/mol. The number of hydrogen-bond donors (Lipinski definition) is 2. The van der Waals surface area contributed by atoms with Crippen LogP contribution in [0.15, 0.2) is 66.7 Å². The summed E-state index contributed by atoms with van der Waals surface area (Å²) >= 11 is 0. The van der Waals surface area contributed by atoms with Gasteiger partial charge in [-0.3, -0.25) is 9.62 Å². The molecule has 42 heavy (non-hydrogen) atoms. The predicted octanol–water partition coefficient (Wildman–Crippen LogP) is 6.85. The van der Waals surface area contributed by atoms with E-state index < -0.39 is 21.7 Å². The average Bonchev–Trinajstić information content (AvgIpc) is 2.90. The van der Waals surface area contributed by atoms with E-state index in [0.29, 0.717) is 23.7 Å². The molecule has 1 aliphatic rings. The molecule has 12 heteroatoms. The second-order valence-corrected chi connectivity index (χ2v) is 12.0. The van der Waals surface area contributed by atoms with Gasteiger partial charge in [0.2, 0.25) is 10.0 Å². The lowest BCUT2D eigenvalue weighted by molar-refractivity contribution is 0.122. The number of carbonyl (C=O) groups excluding carboxylic acids is 1. The van der Waals surface area contributed by atoms with Gasteiger partial charge in [0.1, 0.15) is 23.1 Å². The third-order valence-corrected chi connectivity index (χ3v) is 7.45. The molecule has 8 nitrogen and oxygen atoms in total. The molecule has 0 saturated carbocycles. The van der Waals surface area contributed by atoms with Gasteiger partial charge >= 0.3 is 6.03 Å². The Morgan fingerprint density at radius 2 is 1.52 bits per heavy atom. The highest BCUT2D eigenvalue weighted by atomic mass is 35.5. The molecule has 4 rings (SSSR count). The quantitative estimate of drug-likeness (QED) is 0.244. The first-order valence-electron chi connectivity index (χ1n) is 13.7. The van der Waals surface area contributed by atoms with Crippen molar-refractivity contribution < 1.29 is 26.7 Å². The lowest BCUT2D eigenvalue weighted by atomic mass is 10.0. The van der Waals surface area contributed by atoms with Crippen LogP contribution in [0.5, 0.6) is 11.5 Å². The Labute approximate surface area is 252 Å². The summed E-state index contributed by atoms with van der Waals surface area (Å²) in [5.41, 5.74) is 1.71. The van der Waals surface area contributed by atoms with E-state index in [9.17, 15) is 22.0 Å². The Hall–Kier alpha value is -3.41. The van der Waals surface area contributed by atoms with Crippen molar-refractivity contribution in [2.45, 2.75) is 45.2 Å². The highest BCUT2D eigenvalue weighted by molar-refractivity contribution is 7.92. The van der Waals surface area contributed by atoms with Gasteiger partial charge in [0, 0.05) is 49.7 Å². The number of nitrogens with zero attached hydrogens (tertiary/aromatic N) is 2. The third-order valence-electron chi connectivity index (χ3n) is 6.85. The Kier molecular flexibility index (Phi) is 12.0. The second kappa shape index (κ2) is 15.2. The summed E-state index contributed by atoms with van der Waals surface area (Å²) in [6.45, 7) is 5.06. The summed E-state index contributed by atoms with van der Waals surface area (Å²) in [5, 5.41) is 2.67. The van der Waals surface area contributed by atoms with E-state index in [-0.39, 0.29) is 30.2 Å². The molecule has 3 aromatic carbocycles. The lowest BCUT2D eigenvalue weighted by Gasteiger charge is -2.38. The number of urea groups is 1. The van der Waals surface area contributed by atoms with Crippen LogP contribution in [0.1, 0.15) is 38.2 Å². The minimum atomic E-state index is -3.33. The monoisotopic (exact) mass is 622 g/mol. The highest BCUT2D eigenvalue weighted by Crippen LogP contribution is 2.25. The number of anilines is 2. The van der Waals surface area contributed by atoms with Crippen LogP contribution >= 0.6 is 12.4 Å². The van der Waals surface area contributed by atoms with E-state index in [0.717, 1.165) is 75.3 Å².